The molecule has 7 atom stereocenters. The Morgan fingerprint density at radius 1 is 1.27 bits per heavy atom. The highest BCUT2D eigenvalue weighted by molar-refractivity contribution is 5.84. The van der Waals surface area contributed by atoms with Crippen LogP contribution in [0.2, 0.25) is 0 Å². The van der Waals surface area contributed by atoms with E-state index in [1.54, 1.807) is 14.2 Å². The van der Waals surface area contributed by atoms with E-state index < -0.39 is 5.60 Å². The van der Waals surface area contributed by atoms with Gasteiger partial charge in [0, 0.05) is 29.9 Å². The van der Waals surface area contributed by atoms with Crippen LogP contribution in [0.25, 0.3) is 0 Å². The average Bonchev–Trinajstić information content (AvgIpc) is 3.13. The van der Waals surface area contributed by atoms with E-state index in [0.29, 0.717) is 24.0 Å². The van der Waals surface area contributed by atoms with Crippen LogP contribution in [0, 0.1) is 23.2 Å². The molecular formula is C26H32O4. The number of ketones is 1. The molecule has 0 saturated heterocycles. The van der Waals surface area contributed by atoms with Crippen LogP contribution in [0.3, 0.4) is 0 Å². The highest BCUT2D eigenvalue weighted by atomic mass is 16.6. The minimum Gasteiger partial charge on any atom is -0.493 e. The second kappa shape index (κ2) is 5.91. The first-order valence-corrected chi connectivity index (χ1v) is 11.6. The molecule has 6 aliphatic rings. The van der Waals surface area contributed by atoms with Crippen molar-refractivity contribution in [3.05, 3.63) is 35.4 Å². The van der Waals surface area contributed by atoms with Crippen molar-refractivity contribution in [1.82, 2.24) is 0 Å². The molecule has 1 heterocycles. The van der Waals surface area contributed by atoms with Gasteiger partial charge in [-0.3, -0.25) is 4.79 Å². The Morgan fingerprint density at radius 3 is 2.83 bits per heavy atom. The zero-order chi connectivity index (χ0) is 20.9. The van der Waals surface area contributed by atoms with Gasteiger partial charge in [-0.25, -0.2) is 0 Å². The van der Waals surface area contributed by atoms with Crippen molar-refractivity contribution in [2.45, 2.75) is 69.5 Å². The van der Waals surface area contributed by atoms with Crippen LogP contribution in [0.4, 0.5) is 0 Å². The fourth-order valence-electron chi connectivity index (χ4n) is 8.39. The minimum atomic E-state index is -0.697. The molecule has 2 spiro atoms. The van der Waals surface area contributed by atoms with Gasteiger partial charge in [-0.05, 0) is 55.6 Å². The molecule has 160 valence electrons. The Morgan fingerprint density at radius 2 is 2.10 bits per heavy atom. The van der Waals surface area contributed by atoms with Crippen molar-refractivity contribution in [3.8, 4) is 11.5 Å². The first kappa shape index (κ1) is 18.9. The number of ether oxygens (including phenoxy) is 3. The van der Waals surface area contributed by atoms with Crippen molar-refractivity contribution < 1.29 is 19.0 Å². The SMILES string of the molecule is CCCC(=O)[C@H]1C[C@@]23C=C[C@]1(OC)[C@@H]1Oc4c(OC)ccc5c4[C@@]12CCC(C)[C@@H]3C5. The Kier molecular flexibility index (Phi) is 3.73. The summed E-state index contributed by atoms with van der Waals surface area (Å²) in [5.41, 5.74) is 1.93. The molecule has 0 N–H and O–H groups in total. The number of hydrogen-bond donors (Lipinski definition) is 0. The van der Waals surface area contributed by atoms with Crippen LogP contribution >= 0.6 is 0 Å². The fraction of sp³-hybridized carbons (Fsp3) is 0.654. The highest BCUT2D eigenvalue weighted by Crippen LogP contribution is 2.77. The Hall–Kier alpha value is -1.81. The molecule has 0 amide bonds. The molecular weight excluding hydrogens is 376 g/mol. The summed E-state index contributed by atoms with van der Waals surface area (Å²) in [6, 6.07) is 4.32. The second-order valence-electron chi connectivity index (χ2n) is 10.3. The zero-order valence-corrected chi connectivity index (χ0v) is 18.5. The first-order valence-electron chi connectivity index (χ1n) is 11.6. The summed E-state index contributed by atoms with van der Waals surface area (Å²) in [7, 11) is 3.49. The molecule has 1 aliphatic heterocycles. The highest BCUT2D eigenvalue weighted by Gasteiger charge is 2.79. The summed E-state index contributed by atoms with van der Waals surface area (Å²) < 4.78 is 18.9. The van der Waals surface area contributed by atoms with Gasteiger partial charge < -0.3 is 14.2 Å². The summed E-state index contributed by atoms with van der Waals surface area (Å²) in [5, 5.41) is 0. The molecule has 1 aromatic carbocycles. The largest absolute Gasteiger partial charge is 0.493 e. The minimum absolute atomic E-state index is 0.0334. The van der Waals surface area contributed by atoms with Crippen LogP contribution in [0.5, 0.6) is 11.5 Å². The zero-order valence-electron chi connectivity index (χ0n) is 18.5. The van der Waals surface area contributed by atoms with E-state index in [-0.39, 0.29) is 22.9 Å². The Bertz CT molecular complexity index is 966. The van der Waals surface area contributed by atoms with Crippen molar-refractivity contribution in [3.63, 3.8) is 0 Å². The van der Waals surface area contributed by atoms with Gasteiger partial charge in [0.15, 0.2) is 11.5 Å². The number of benzene rings is 1. The van der Waals surface area contributed by atoms with Crippen LogP contribution < -0.4 is 9.47 Å². The number of carbonyl (C=O) groups excluding carboxylic acids is 1. The maximum atomic E-state index is 13.4. The van der Waals surface area contributed by atoms with Crippen LogP contribution in [0.1, 0.15) is 57.1 Å². The van der Waals surface area contributed by atoms with Gasteiger partial charge >= 0.3 is 0 Å². The molecule has 30 heavy (non-hydrogen) atoms. The summed E-state index contributed by atoms with van der Waals surface area (Å²) in [4.78, 5) is 13.4. The molecule has 2 saturated carbocycles. The van der Waals surface area contributed by atoms with E-state index in [9.17, 15) is 4.79 Å². The van der Waals surface area contributed by atoms with E-state index in [2.05, 4.69) is 38.1 Å². The standard InChI is InChI=1S/C26H32O4/c1-5-6-19(27)18-14-24-11-12-26(18,29-4)23-25(24)10-9-15(2)17(24)13-16-7-8-20(28-3)22(30-23)21(16)25/h7-8,11-12,15,17-18,23H,5-6,9-10,13-14H2,1-4H3/t15?,17-,18+,23+,24+,25-,26+/m0/s1. The predicted molar refractivity (Wildman–Crippen MR) is 114 cm³/mol. The third kappa shape index (κ3) is 1.80. The molecule has 0 radical (unpaired) electrons. The number of rotatable bonds is 5. The fourth-order valence-corrected chi connectivity index (χ4v) is 8.39. The van der Waals surface area contributed by atoms with Gasteiger partial charge in [0.2, 0.25) is 0 Å². The number of Topliss-reactive ketones (excluding diaryl/α,β-unsaturated/α-hetero) is 1. The number of hydrogen-bond acceptors (Lipinski definition) is 4. The molecule has 4 bridgehead atoms. The molecule has 1 aromatic rings. The van der Waals surface area contributed by atoms with Gasteiger partial charge in [-0.1, -0.05) is 32.1 Å². The van der Waals surface area contributed by atoms with E-state index in [1.807, 2.05) is 0 Å². The maximum Gasteiger partial charge on any atom is 0.166 e. The first-order chi connectivity index (χ1) is 14.5. The molecule has 2 fully saturated rings. The van der Waals surface area contributed by atoms with Crippen molar-refractivity contribution in [2.24, 2.45) is 23.2 Å². The normalized spacial score (nSPS) is 43.9. The van der Waals surface area contributed by atoms with Crippen LogP contribution in [0.15, 0.2) is 24.3 Å². The summed E-state index contributed by atoms with van der Waals surface area (Å²) in [6.07, 6.45) is 10.2. The van der Waals surface area contributed by atoms with Gasteiger partial charge in [0.05, 0.1) is 13.0 Å². The predicted octanol–water partition coefficient (Wildman–Crippen LogP) is 4.63. The van der Waals surface area contributed by atoms with E-state index in [0.717, 1.165) is 37.2 Å². The molecule has 5 aliphatic carbocycles. The summed E-state index contributed by atoms with van der Waals surface area (Å²) in [6.45, 7) is 4.50. The number of carbonyl (C=O) groups is 1. The molecule has 7 rings (SSSR count). The summed E-state index contributed by atoms with van der Waals surface area (Å²) in [5.74, 6) is 3.09. The lowest BCUT2D eigenvalue weighted by atomic mass is 9.33. The van der Waals surface area contributed by atoms with E-state index in [1.165, 1.54) is 17.5 Å². The lowest BCUT2D eigenvalue weighted by Gasteiger charge is -2.70. The van der Waals surface area contributed by atoms with Crippen molar-refractivity contribution in [1.29, 1.82) is 0 Å². The average molecular weight is 409 g/mol. The molecule has 1 unspecified atom stereocenters. The lowest BCUT2D eigenvalue weighted by Crippen LogP contribution is -2.76. The number of methoxy groups -OCH3 is 2. The van der Waals surface area contributed by atoms with Crippen LogP contribution in [-0.4, -0.2) is 31.7 Å². The molecule has 4 heteroatoms. The van der Waals surface area contributed by atoms with Gasteiger partial charge in [-0.2, -0.15) is 0 Å². The third-order valence-corrected chi connectivity index (χ3v) is 9.55. The topological polar surface area (TPSA) is 44.8 Å². The van der Waals surface area contributed by atoms with Crippen molar-refractivity contribution >= 4 is 5.78 Å². The van der Waals surface area contributed by atoms with Crippen molar-refractivity contribution in [2.75, 3.05) is 14.2 Å². The molecule has 4 nitrogen and oxygen atoms in total. The molecule has 0 aromatic heterocycles. The van der Waals surface area contributed by atoms with Gasteiger partial charge in [0.25, 0.3) is 0 Å². The maximum absolute atomic E-state index is 13.4. The summed E-state index contributed by atoms with van der Waals surface area (Å²) >= 11 is 0. The smallest absolute Gasteiger partial charge is 0.166 e. The number of allylic oxidation sites excluding steroid dienone is 1. The number of fused-ring (bicyclic) bond motifs is 1. The Balaban J connectivity index is 1.65. The van der Waals surface area contributed by atoms with Gasteiger partial charge in [-0.15, -0.1) is 0 Å². The monoisotopic (exact) mass is 408 g/mol. The second-order valence-corrected chi connectivity index (χ2v) is 10.3. The van der Waals surface area contributed by atoms with Crippen LogP contribution in [-0.2, 0) is 21.4 Å². The quantitative estimate of drug-likeness (QED) is 0.667. The van der Waals surface area contributed by atoms with Gasteiger partial charge in [0.1, 0.15) is 17.5 Å². The third-order valence-electron chi connectivity index (χ3n) is 9.55. The van der Waals surface area contributed by atoms with E-state index >= 15 is 0 Å². The lowest BCUT2D eigenvalue weighted by molar-refractivity contribution is -0.214. The Labute approximate surface area is 179 Å². The van der Waals surface area contributed by atoms with E-state index in [4.69, 9.17) is 14.2 Å².